The van der Waals surface area contributed by atoms with Gasteiger partial charge >= 0.3 is 5.97 Å². The maximum atomic E-state index is 12.6. The fourth-order valence-electron chi connectivity index (χ4n) is 2.76. The molecule has 1 aromatic heterocycles. The number of carboxylic acids is 1. The van der Waals surface area contributed by atoms with E-state index in [1.54, 1.807) is 61.5 Å². The van der Waals surface area contributed by atoms with Gasteiger partial charge in [0.25, 0.3) is 11.8 Å². The van der Waals surface area contributed by atoms with Gasteiger partial charge < -0.3 is 15.7 Å². The summed E-state index contributed by atoms with van der Waals surface area (Å²) in [6.07, 6.45) is 0.378. The van der Waals surface area contributed by atoms with E-state index in [0.29, 0.717) is 28.2 Å². The lowest BCUT2D eigenvalue weighted by Crippen LogP contribution is -2.15. The number of anilines is 2. The molecule has 7 heteroatoms. The van der Waals surface area contributed by atoms with Crippen LogP contribution in [0.15, 0.2) is 66.0 Å². The van der Waals surface area contributed by atoms with E-state index in [1.165, 1.54) is 11.3 Å². The maximum Gasteiger partial charge on any atom is 0.306 e. The molecule has 6 nitrogen and oxygen atoms in total. The molecule has 0 aliphatic rings. The van der Waals surface area contributed by atoms with Crippen molar-refractivity contribution in [3.8, 4) is 0 Å². The smallest absolute Gasteiger partial charge is 0.306 e. The Kier molecular flexibility index (Phi) is 6.41. The van der Waals surface area contributed by atoms with Crippen LogP contribution >= 0.6 is 11.3 Å². The van der Waals surface area contributed by atoms with E-state index < -0.39 is 11.9 Å². The molecule has 1 unspecified atom stereocenters. The van der Waals surface area contributed by atoms with E-state index in [4.69, 9.17) is 5.11 Å². The summed E-state index contributed by atoms with van der Waals surface area (Å²) < 4.78 is 0. The van der Waals surface area contributed by atoms with Crippen LogP contribution < -0.4 is 10.6 Å². The average molecular weight is 408 g/mol. The summed E-state index contributed by atoms with van der Waals surface area (Å²) in [5.41, 5.74) is 2.34. The van der Waals surface area contributed by atoms with Gasteiger partial charge in [-0.15, -0.1) is 11.3 Å². The lowest BCUT2D eigenvalue weighted by molar-refractivity contribution is -0.141. The lowest BCUT2D eigenvalue weighted by Gasteiger charge is -2.10. The average Bonchev–Trinajstić information content (AvgIpc) is 3.23. The predicted octanol–water partition coefficient (Wildman–Crippen LogP) is 4.52. The zero-order valence-corrected chi connectivity index (χ0v) is 16.5. The Balaban J connectivity index is 1.68. The van der Waals surface area contributed by atoms with Crippen molar-refractivity contribution in [1.29, 1.82) is 0 Å². The summed E-state index contributed by atoms with van der Waals surface area (Å²) in [5, 5.41) is 16.5. The third-order valence-corrected chi connectivity index (χ3v) is 5.14. The number of benzene rings is 2. The van der Waals surface area contributed by atoms with Crippen LogP contribution in [0.25, 0.3) is 0 Å². The molecule has 1 heterocycles. The van der Waals surface area contributed by atoms with E-state index in [-0.39, 0.29) is 11.8 Å². The van der Waals surface area contributed by atoms with Gasteiger partial charge in [0.2, 0.25) is 0 Å². The van der Waals surface area contributed by atoms with Crippen LogP contribution in [0.4, 0.5) is 11.4 Å². The molecule has 0 saturated heterocycles. The Hall–Kier alpha value is -3.45. The van der Waals surface area contributed by atoms with Crippen molar-refractivity contribution < 1.29 is 19.5 Å². The highest BCUT2D eigenvalue weighted by molar-refractivity contribution is 7.12. The van der Waals surface area contributed by atoms with Gasteiger partial charge in [-0.05, 0) is 53.8 Å². The third kappa shape index (κ3) is 5.52. The predicted molar refractivity (Wildman–Crippen MR) is 114 cm³/mol. The second-order valence-corrected chi connectivity index (χ2v) is 7.56. The number of hydrogen-bond acceptors (Lipinski definition) is 4. The highest BCUT2D eigenvalue weighted by Gasteiger charge is 2.13. The number of aliphatic carboxylic acids is 1. The number of carboxylic acid groups (broad SMARTS) is 1. The first-order chi connectivity index (χ1) is 13.9. The van der Waals surface area contributed by atoms with E-state index in [1.807, 2.05) is 11.4 Å². The molecule has 3 aromatic rings. The zero-order valence-electron chi connectivity index (χ0n) is 15.7. The molecule has 0 radical (unpaired) electrons. The van der Waals surface area contributed by atoms with Crippen molar-refractivity contribution in [2.45, 2.75) is 13.3 Å². The molecule has 0 aliphatic heterocycles. The van der Waals surface area contributed by atoms with E-state index in [2.05, 4.69) is 10.6 Å². The van der Waals surface area contributed by atoms with Crippen molar-refractivity contribution in [3.63, 3.8) is 0 Å². The zero-order chi connectivity index (χ0) is 20.8. The van der Waals surface area contributed by atoms with Crippen molar-refractivity contribution in [2.75, 3.05) is 10.6 Å². The fraction of sp³-hybridized carbons (Fsp3) is 0.136. The Labute approximate surface area is 172 Å². The van der Waals surface area contributed by atoms with Crippen LogP contribution in [0, 0.1) is 5.92 Å². The second kappa shape index (κ2) is 9.16. The molecule has 148 valence electrons. The minimum absolute atomic E-state index is 0.224. The van der Waals surface area contributed by atoms with Crippen LogP contribution in [0.2, 0.25) is 0 Å². The van der Waals surface area contributed by atoms with Crippen LogP contribution in [0.1, 0.15) is 32.5 Å². The minimum Gasteiger partial charge on any atom is -0.481 e. The molecule has 0 bridgehead atoms. The molecule has 0 spiro atoms. The Morgan fingerprint density at radius 1 is 0.931 bits per heavy atom. The van der Waals surface area contributed by atoms with Gasteiger partial charge in [0, 0.05) is 16.9 Å². The summed E-state index contributed by atoms with van der Waals surface area (Å²) in [6.45, 7) is 1.64. The topological polar surface area (TPSA) is 95.5 Å². The third-order valence-electron chi connectivity index (χ3n) is 4.28. The number of amides is 2. The molecule has 29 heavy (non-hydrogen) atoms. The van der Waals surface area contributed by atoms with Crippen molar-refractivity contribution in [1.82, 2.24) is 0 Å². The van der Waals surface area contributed by atoms with Gasteiger partial charge in [-0.2, -0.15) is 0 Å². The lowest BCUT2D eigenvalue weighted by atomic mass is 10.0. The van der Waals surface area contributed by atoms with Gasteiger partial charge in [0.15, 0.2) is 0 Å². The van der Waals surface area contributed by atoms with E-state index in [9.17, 15) is 14.4 Å². The molecular formula is C22H20N2O4S. The molecule has 0 fully saturated rings. The Bertz CT molecular complexity index is 1030. The summed E-state index contributed by atoms with van der Waals surface area (Å²) in [4.78, 5) is 36.4. The Morgan fingerprint density at radius 2 is 1.62 bits per heavy atom. The summed E-state index contributed by atoms with van der Waals surface area (Å²) in [6, 6.07) is 17.3. The van der Waals surface area contributed by atoms with E-state index >= 15 is 0 Å². The molecular weight excluding hydrogens is 388 g/mol. The number of hydrogen-bond donors (Lipinski definition) is 3. The Morgan fingerprint density at radius 3 is 2.31 bits per heavy atom. The number of thiophene rings is 1. The number of carbonyl (C=O) groups is 3. The molecule has 0 aliphatic carbocycles. The number of carbonyl (C=O) groups excluding carboxylic acids is 2. The van der Waals surface area contributed by atoms with Gasteiger partial charge in [-0.3, -0.25) is 14.4 Å². The highest BCUT2D eigenvalue weighted by Crippen LogP contribution is 2.18. The number of nitrogens with one attached hydrogen (secondary N) is 2. The summed E-state index contributed by atoms with van der Waals surface area (Å²) in [7, 11) is 0. The first kappa shape index (κ1) is 20.3. The quantitative estimate of drug-likeness (QED) is 0.536. The monoisotopic (exact) mass is 408 g/mol. The highest BCUT2D eigenvalue weighted by atomic mass is 32.1. The standard InChI is InChI=1S/C22H20N2O4S/c1-14(22(27)28)11-15-5-2-7-17(12-15)23-20(25)16-6-3-8-18(13-16)24-21(26)19-9-4-10-29-19/h2-10,12-14H,11H2,1H3,(H,23,25)(H,24,26)(H,27,28). The van der Waals surface area contributed by atoms with Crippen LogP contribution in [-0.2, 0) is 11.2 Å². The maximum absolute atomic E-state index is 12.6. The van der Waals surface area contributed by atoms with Crippen molar-refractivity contribution in [3.05, 3.63) is 82.0 Å². The normalized spacial score (nSPS) is 11.5. The summed E-state index contributed by atoms with van der Waals surface area (Å²) in [5.74, 6) is -1.91. The SMILES string of the molecule is CC(Cc1cccc(NC(=O)c2cccc(NC(=O)c3cccs3)c2)c1)C(=O)O. The van der Waals surface area contributed by atoms with Gasteiger partial charge in [0.05, 0.1) is 10.8 Å². The molecule has 2 amide bonds. The first-order valence-electron chi connectivity index (χ1n) is 9.00. The van der Waals surface area contributed by atoms with E-state index in [0.717, 1.165) is 5.56 Å². The molecule has 0 saturated carbocycles. The second-order valence-electron chi connectivity index (χ2n) is 6.61. The molecule has 3 N–H and O–H groups in total. The van der Waals surface area contributed by atoms with Crippen molar-refractivity contribution >= 4 is 40.5 Å². The first-order valence-corrected chi connectivity index (χ1v) is 9.88. The summed E-state index contributed by atoms with van der Waals surface area (Å²) >= 11 is 1.34. The fourth-order valence-corrected chi connectivity index (χ4v) is 3.38. The number of rotatable bonds is 7. The van der Waals surface area contributed by atoms with Gasteiger partial charge in [-0.1, -0.05) is 31.2 Å². The van der Waals surface area contributed by atoms with Crippen LogP contribution in [0.3, 0.4) is 0 Å². The van der Waals surface area contributed by atoms with Crippen LogP contribution in [-0.4, -0.2) is 22.9 Å². The molecule has 2 aromatic carbocycles. The molecule has 3 rings (SSSR count). The minimum atomic E-state index is -0.860. The van der Waals surface area contributed by atoms with Gasteiger partial charge in [-0.25, -0.2) is 0 Å². The largest absolute Gasteiger partial charge is 0.481 e. The molecule has 1 atom stereocenters. The van der Waals surface area contributed by atoms with Crippen molar-refractivity contribution in [2.24, 2.45) is 5.92 Å². The van der Waals surface area contributed by atoms with Crippen LogP contribution in [0.5, 0.6) is 0 Å². The van der Waals surface area contributed by atoms with Gasteiger partial charge in [0.1, 0.15) is 0 Å².